The molecular weight excluding hydrogens is 382 g/mol. The normalized spacial score (nSPS) is 18.7. The highest BCUT2D eigenvalue weighted by Gasteiger charge is 2.26. The Morgan fingerprint density at radius 1 is 1.10 bits per heavy atom. The van der Waals surface area contributed by atoms with Crippen LogP contribution in [0.5, 0.6) is 0 Å². The van der Waals surface area contributed by atoms with Crippen LogP contribution >= 0.6 is 0 Å². The lowest BCUT2D eigenvalue weighted by Crippen LogP contribution is -2.49. The summed E-state index contributed by atoms with van der Waals surface area (Å²) >= 11 is 0. The number of non-ortho nitro benzene ring substituents is 1. The molecule has 0 saturated carbocycles. The summed E-state index contributed by atoms with van der Waals surface area (Å²) in [6, 6.07) is 8.60. The maximum atomic E-state index is 12.7. The van der Waals surface area contributed by atoms with E-state index in [0.29, 0.717) is 18.2 Å². The SMILES string of the molecule is CCN1CCN(C(=O)CC2CCN(c3ccc4cc([N+](=O)[O-])ccc4n3)CC2)CC1. The third-order valence-corrected chi connectivity index (χ3v) is 6.44. The molecule has 1 amide bonds. The van der Waals surface area contributed by atoms with Gasteiger partial charge in [0.1, 0.15) is 5.82 Å². The Balaban J connectivity index is 1.31. The maximum absolute atomic E-state index is 12.7. The molecule has 30 heavy (non-hydrogen) atoms. The number of carbonyl (C=O) groups is 1. The number of nitrogens with zero attached hydrogens (tertiary/aromatic N) is 5. The van der Waals surface area contributed by atoms with Crippen molar-refractivity contribution in [3.8, 4) is 0 Å². The minimum atomic E-state index is -0.386. The van der Waals surface area contributed by atoms with Crippen LogP contribution in [-0.4, -0.2) is 71.4 Å². The van der Waals surface area contributed by atoms with E-state index < -0.39 is 0 Å². The lowest BCUT2D eigenvalue weighted by Gasteiger charge is -2.36. The van der Waals surface area contributed by atoms with Crippen molar-refractivity contribution in [2.75, 3.05) is 50.7 Å². The fourth-order valence-corrected chi connectivity index (χ4v) is 4.45. The van der Waals surface area contributed by atoms with Gasteiger partial charge in [0.15, 0.2) is 0 Å². The number of nitro benzene ring substituents is 1. The molecule has 4 rings (SSSR count). The molecule has 8 nitrogen and oxygen atoms in total. The van der Waals surface area contributed by atoms with Gasteiger partial charge in [0.05, 0.1) is 10.4 Å². The molecule has 0 radical (unpaired) electrons. The van der Waals surface area contributed by atoms with Gasteiger partial charge in [-0.25, -0.2) is 4.98 Å². The number of anilines is 1. The van der Waals surface area contributed by atoms with E-state index in [9.17, 15) is 14.9 Å². The first-order chi connectivity index (χ1) is 14.5. The highest BCUT2D eigenvalue weighted by atomic mass is 16.6. The number of piperidine rings is 1. The number of likely N-dealkylation sites (N-methyl/N-ethyl adjacent to an activating group) is 1. The number of hydrogen-bond acceptors (Lipinski definition) is 6. The van der Waals surface area contributed by atoms with E-state index in [-0.39, 0.29) is 10.6 Å². The second kappa shape index (κ2) is 8.95. The van der Waals surface area contributed by atoms with E-state index in [1.165, 1.54) is 6.07 Å². The van der Waals surface area contributed by atoms with Crippen molar-refractivity contribution >= 4 is 28.3 Å². The number of piperazine rings is 1. The zero-order valence-electron chi connectivity index (χ0n) is 17.5. The van der Waals surface area contributed by atoms with E-state index in [4.69, 9.17) is 4.98 Å². The fraction of sp³-hybridized carbons (Fsp3) is 0.545. The van der Waals surface area contributed by atoms with E-state index in [1.807, 2.05) is 17.0 Å². The minimum Gasteiger partial charge on any atom is -0.357 e. The number of aromatic nitrogens is 1. The molecular formula is C22H29N5O3. The monoisotopic (exact) mass is 411 g/mol. The van der Waals surface area contributed by atoms with Crippen molar-refractivity contribution in [1.82, 2.24) is 14.8 Å². The zero-order valence-corrected chi connectivity index (χ0v) is 17.5. The highest BCUT2D eigenvalue weighted by molar-refractivity contribution is 5.82. The van der Waals surface area contributed by atoms with E-state index >= 15 is 0 Å². The Bertz CT molecular complexity index is 918. The average Bonchev–Trinajstić information content (AvgIpc) is 2.79. The minimum absolute atomic E-state index is 0.0821. The average molecular weight is 412 g/mol. The van der Waals surface area contributed by atoms with Crippen LogP contribution < -0.4 is 4.90 Å². The highest BCUT2D eigenvalue weighted by Crippen LogP contribution is 2.27. The summed E-state index contributed by atoms with van der Waals surface area (Å²) in [5.41, 5.74) is 0.847. The number of fused-ring (bicyclic) bond motifs is 1. The number of nitro groups is 1. The summed E-state index contributed by atoms with van der Waals surface area (Å²) in [6.07, 6.45) is 2.62. The number of amides is 1. The quantitative estimate of drug-likeness (QED) is 0.556. The van der Waals surface area contributed by atoms with Gasteiger partial charge in [0.25, 0.3) is 5.69 Å². The first-order valence-electron chi connectivity index (χ1n) is 10.8. The van der Waals surface area contributed by atoms with Crippen molar-refractivity contribution in [1.29, 1.82) is 0 Å². The van der Waals surface area contributed by atoms with Gasteiger partial charge in [-0.2, -0.15) is 0 Å². The van der Waals surface area contributed by atoms with Crippen molar-refractivity contribution in [2.24, 2.45) is 5.92 Å². The van der Waals surface area contributed by atoms with Crippen LogP contribution in [0, 0.1) is 16.0 Å². The third-order valence-electron chi connectivity index (χ3n) is 6.44. The zero-order chi connectivity index (χ0) is 21.1. The second-order valence-electron chi connectivity index (χ2n) is 8.25. The molecule has 0 N–H and O–H groups in total. The maximum Gasteiger partial charge on any atom is 0.270 e. The first-order valence-corrected chi connectivity index (χ1v) is 10.8. The van der Waals surface area contributed by atoms with Crippen LogP contribution in [0.15, 0.2) is 30.3 Å². The summed E-state index contributed by atoms with van der Waals surface area (Å²) in [5, 5.41) is 11.7. The summed E-state index contributed by atoms with van der Waals surface area (Å²) in [5.74, 6) is 1.63. The van der Waals surface area contributed by atoms with E-state index in [2.05, 4.69) is 16.7 Å². The molecule has 0 unspecified atom stereocenters. The molecule has 2 saturated heterocycles. The van der Waals surface area contributed by atoms with Crippen molar-refractivity contribution in [3.63, 3.8) is 0 Å². The molecule has 8 heteroatoms. The smallest absolute Gasteiger partial charge is 0.270 e. The van der Waals surface area contributed by atoms with Gasteiger partial charge < -0.3 is 14.7 Å². The molecule has 0 aliphatic carbocycles. The van der Waals surface area contributed by atoms with Crippen molar-refractivity contribution in [2.45, 2.75) is 26.2 Å². The second-order valence-corrected chi connectivity index (χ2v) is 8.25. The largest absolute Gasteiger partial charge is 0.357 e. The van der Waals surface area contributed by atoms with Crippen LogP contribution in [0.25, 0.3) is 10.9 Å². The molecule has 0 atom stereocenters. The van der Waals surface area contributed by atoms with Crippen LogP contribution in [-0.2, 0) is 4.79 Å². The van der Waals surface area contributed by atoms with E-state index in [0.717, 1.165) is 75.4 Å². The number of pyridine rings is 1. The fourth-order valence-electron chi connectivity index (χ4n) is 4.45. The van der Waals surface area contributed by atoms with Crippen LogP contribution in [0.2, 0.25) is 0 Å². The summed E-state index contributed by atoms with van der Waals surface area (Å²) < 4.78 is 0. The molecule has 1 aromatic heterocycles. The Kier molecular flexibility index (Phi) is 6.13. The summed E-state index contributed by atoms with van der Waals surface area (Å²) in [7, 11) is 0. The number of hydrogen-bond donors (Lipinski definition) is 0. The van der Waals surface area contributed by atoms with Crippen LogP contribution in [0.1, 0.15) is 26.2 Å². The van der Waals surface area contributed by atoms with Crippen molar-refractivity contribution < 1.29 is 9.72 Å². The Hall–Kier alpha value is -2.74. The molecule has 0 spiro atoms. The standard InChI is InChI=1S/C22H29N5O3/c1-2-24-11-13-26(14-12-24)22(28)15-17-7-9-25(10-8-17)21-6-3-18-16-19(27(29)30)4-5-20(18)23-21/h3-6,16-17H,2,7-15H2,1H3. The molecule has 160 valence electrons. The lowest BCUT2D eigenvalue weighted by molar-refractivity contribution is -0.384. The van der Waals surface area contributed by atoms with Crippen molar-refractivity contribution in [3.05, 3.63) is 40.4 Å². The van der Waals surface area contributed by atoms with Crippen LogP contribution in [0.3, 0.4) is 0 Å². The number of carbonyl (C=O) groups excluding carboxylic acids is 1. The Morgan fingerprint density at radius 3 is 2.50 bits per heavy atom. The van der Waals surface area contributed by atoms with Crippen LogP contribution in [0.4, 0.5) is 11.5 Å². The molecule has 2 fully saturated rings. The molecule has 1 aromatic carbocycles. The Labute approximate surface area is 176 Å². The van der Waals surface area contributed by atoms with Gasteiger partial charge in [-0.15, -0.1) is 0 Å². The third kappa shape index (κ3) is 4.53. The number of benzene rings is 1. The van der Waals surface area contributed by atoms with E-state index in [1.54, 1.807) is 12.1 Å². The molecule has 3 heterocycles. The first kappa shape index (κ1) is 20.5. The van der Waals surface area contributed by atoms with Gasteiger partial charge in [0.2, 0.25) is 5.91 Å². The summed E-state index contributed by atoms with van der Waals surface area (Å²) in [6.45, 7) is 8.66. The molecule has 2 aromatic rings. The molecule has 2 aliphatic heterocycles. The van der Waals surface area contributed by atoms with Gasteiger partial charge in [-0.1, -0.05) is 6.92 Å². The van der Waals surface area contributed by atoms with Gasteiger partial charge in [0, 0.05) is 63.2 Å². The van der Waals surface area contributed by atoms with Gasteiger partial charge in [-0.05, 0) is 43.5 Å². The predicted molar refractivity (Wildman–Crippen MR) is 117 cm³/mol. The number of rotatable bonds is 5. The topological polar surface area (TPSA) is 82.8 Å². The molecule has 0 bridgehead atoms. The lowest BCUT2D eigenvalue weighted by atomic mass is 9.93. The van der Waals surface area contributed by atoms with Gasteiger partial charge in [-0.3, -0.25) is 14.9 Å². The predicted octanol–water partition coefficient (Wildman–Crippen LogP) is 2.91. The Morgan fingerprint density at radius 2 is 1.83 bits per heavy atom. The summed E-state index contributed by atoms with van der Waals surface area (Å²) in [4.78, 5) is 34.6. The molecule has 2 aliphatic rings. The van der Waals surface area contributed by atoms with Gasteiger partial charge >= 0.3 is 0 Å².